The highest BCUT2D eigenvalue weighted by Gasteiger charge is 2.31. The van der Waals surface area contributed by atoms with E-state index in [1.807, 2.05) is 22.6 Å². The van der Waals surface area contributed by atoms with Gasteiger partial charge in [-0.2, -0.15) is 10.2 Å². The average Bonchev–Trinajstić information content (AvgIpc) is 3.20. The van der Waals surface area contributed by atoms with Crippen LogP contribution >= 0.6 is 0 Å². The van der Waals surface area contributed by atoms with Gasteiger partial charge in [-0.25, -0.2) is 0 Å². The summed E-state index contributed by atoms with van der Waals surface area (Å²) in [4.78, 5) is 14.8. The summed E-state index contributed by atoms with van der Waals surface area (Å²) >= 11 is 0. The van der Waals surface area contributed by atoms with E-state index < -0.39 is 0 Å². The third-order valence-electron chi connectivity index (χ3n) is 4.60. The molecule has 1 fully saturated rings. The van der Waals surface area contributed by atoms with Gasteiger partial charge < -0.3 is 4.90 Å². The van der Waals surface area contributed by atoms with Crippen molar-refractivity contribution in [1.82, 2.24) is 24.9 Å². The van der Waals surface area contributed by atoms with E-state index in [0.29, 0.717) is 11.6 Å². The fourth-order valence-corrected chi connectivity index (χ4v) is 3.51. The van der Waals surface area contributed by atoms with Gasteiger partial charge in [0.05, 0.1) is 18.3 Å². The molecular weight excluding hydrogens is 302 g/mol. The second-order valence-electron chi connectivity index (χ2n) is 7.28. The van der Waals surface area contributed by atoms with Crippen molar-refractivity contribution in [2.24, 2.45) is 5.92 Å². The normalized spacial score (nSPS) is 17.9. The van der Waals surface area contributed by atoms with Gasteiger partial charge in [0.25, 0.3) is 5.91 Å². The molecule has 0 saturated carbocycles. The number of hydrogen-bond acceptors (Lipinski definition) is 3. The van der Waals surface area contributed by atoms with Crippen LogP contribution in [0.1, 0.15) is 54.3 Å². The zero-order valence-electron chi connectivity index (χ0n) is 15.0. The van der Waals surface area contributed by atoms with Crippen LogP contribution in [0.25, 0.3) is 0 Å². The van der Waals surface area contributed by atoms with Crippen LogP contribution in [0, 0.1) is 19.8 Å². The minimum absolute atomic E-state index is 0.0327. The molecule has 0 spiro atoms. The Balaban J connectivity index is 1.71. The lowest BCUT2D eigenvalue weighted by Gasteiger charge is -2.24. The molecule has 0 aromatic carbocycles. The van der Waals surface area contributed by atoms with E-state index in [-0.39, 0.29) is 11.9 Å². The number of carbonyl (C=O) groups excluding carboxylic acids is 1. The van der Waals surface area contributed by atoms with Crippen LogP contribution in [0.4, 0.5) is 0 Å². The number of aryl methyl sites for hydroxylation is 2. The molecule has 1 atom stereocenters. The first kappa shape index (κ1) is 16.7. The van der Waals surface area contributed by atoms with E-state index in [0.717, 1.165) is 49.4 Å². The van der Waals surface area contributed by atoms with Crippen molar-refractivity contribution in [1.29, 1.82) is 0 Å². The number of aromatic nitrogens is 4. The lowest BCUT2D eigenvalue weighted by Crippen LogP contribution is -2.38. The molecule has 0 bridgehead atoms. The molecule has 130 valence electrons. The van der Waals surface area contributed by atoms with Crippen molar-refractivity contribution >= 4 is 5.91 Å². The van der Waals surface area contributed by atoms with E-state index in [1.165, 1.54) is 0 Å². The molecule has 6 nitrogen and oxygen atoms in total. The molecule has 6 heteroatoms. The van der Waals surface area contributed by atoms with Crippen LogP contribution in [0.2, 0.25) is 0 Å². The summed E-state index contributed by atoms with van der Waals surface area (Å²) in [5, 5.41) is 11.8. The van der Waals surface area contributed by atoms with Crippen LogP contribution < -0.4 is 0 Å². The minimum atomic E-state index is 0.0327. The maximum atomic E-state index is 12.9. The number of H-pyrrole nitrogens is 1. The zero-order chi connectivity index (χ0) is 17.3. The fourth-order valence-electron chi connectivity index (χ4n) is 3.51. The molecule has 24 heavy (non-hydrogen) atoms. The number of carbonyl (C=O) groups is 1. The SMILES string of the molecule is Cc1cc(C)n(C[C@H]2CCCN2C(=O)c2cc(CC(C)C)[nH]n2)n1. The minimum Gasteiger partial charge on any atom is -0.332 e. The van der Waals surface area contributed by atoms with Gasteiger partial charge >= 0.3 is 0 Å². The third-order valence-corrected chi connectivity index (χ3v) is 4.60. The lowest BCUT2D eigenvalue weighted by atomic mass is 10.1. The number of nitrogens with zero attached hydrogens (tertiary/aromatic N) is 4. The van der Waals surface area contributed by atoms with Gasteiger partial charge in [-0.3, -0.25) is 14.6 Å². The molecule has 2 aromatic heterocycles. The predicted octanol–water partition coefficient (Wildman–Crippen LogP) is 2.73. The Morgan fingerprint density at radius 2 is 2.17 bits per heavy atom. The highest BCUT2D eigenvalue weighted by molar-refractivity contribution is 5.92. The van der Waals surface area contributed by atoms with Gasteiger partial charge in [0, 0.05) is 17.9 Å². The Labute approximate surface area is 143 Å². The van der Waals surface area contributed by atoms with E-state index in [4.69, 9.17) is 0 Å². The standard InChI is InChI=1S/C18H27N5O/c1-12(2)8-15-10-17(20-19-15)18(24)22-7-5-6-16(22)11-23-14(4)9-13(3)21-23/h9-10,12,16H,5-8,11H2,1-4H3,(H,19,20)/t16-/m1/s1. The van der Waals surface area contributed by atoms with Crippen LogP contribution in [-0.2, 0) is 13.0 Å². The molecule has 0 radical (unpaired) electrons. The number of hydrogen-bond donors (Lipinski definition) is 1. The third kappa shape index (κ3) is 3.52. The highest BCUT2D eigenvalue weighted by Crippen LogP contribution is 2.22. The predicted molar refractivity (Wildman–Crippen MR) is 92.9 cm³/mol. The quantitative estimate of drug-likeness (QED) is 0.917. The molecule has 1 amide bonds. The number of aromatic amines is 1. The van der Waals surface area contributed by atoms with Crippen molar-refractivity contribution in [3.05, 3.63) is 34.9 Å². The van der Waals surface area contributed by atoms with E-state index in [9.17, 15) is 4.79 Å². The molecule has 3 rings (SSSR count). The van der Waals surface area contributed by atoms with Gasteiger partial charge in [0.2, 0.25) is 0 Å². The monoisotopic (exact) mass is 329 g/mol. The molecule has 3 heterocycles. The molecule has 0 aliphatic carbocycles. The summed E-state index contributed by atoms with van der Waals surface area (Å²) < 4.78 is 2.01. The van der Waals surface area contributed by atoms with Crippen molar-refractivity contribution in [3.63, 3.8) is 0 Å². The van der Waals surface area contributed by atoms with Crippen molar-refractivity contribution in [2.75, 3.05) is 6.54 Å². The van der Waals surface area contributed by atoms with Crippen molar-refractivity contribution < 1.29 is 4.79 Å². The number of rotatable bonds is 5. The van der Waals surface area contributed by atoms with E-state index >= 15 is 0 Å². The first-order valence-corrected chi connectivity index (χ1v) is 8.80. The first-order valence-electron chi connectivity index (χ1n) is 8.80. The molecular formula is C18H27N5O. The summed E-state index contributed by atoms with van der Waals surface area (Å²) in [5.74, 6) is 0.573. The first-order chi connectivity index (χ1) is 11.4. The summed E-state index contributed by atoms with van der Waals surface area (Å²) in [6.07, 6.45) is 2.97. The smallest absolute Gasteiger partial charge is 0.274 e. The van der Waals surface area contributed by atoms with Gasteiger partial charge in [-0.05, 0) is 51.2 Å². The Morgan fingerprint density at radius 3 is 2.83 bits per heavy atom. The zero-order valence-corrected chi connectivity index (χ0v) is 15.0. The number of likely N-dealkylation sites (tertiary alicyclic amines) is 1. The molecule has 1 N–H and O–H groups in total. The summed E-state index contributed by atoms with van der Waals surface area (Å²) in [6.45, 7) is 9.94. The van der Waals surface area contributed by atoms with Crippen LogP contribution in [0.3, 0.4) is 0 Å². The van der Waals surface area contributed by atoms with Crippen molar-refractivity contribution in [2.45, 2.75) is 59.5 Å². The lowest BCUT2D eigenvalue weighted by molar-refractivity contribution is 0.0715. The van der Waals surface area contributed by atoms with Crippen LogP contribution in [0.15, 0.2) is 12.1 Å². The molecule has 2 aromatic rings. The molecule has 1 aliphatic rings. The highest BCUT2D eigenvalue weighted by atomic mass is 16.2. The molecule has 0 unspecified atom stereocenters. The van der Waals surface area contributed by atoms with Gasteiger partial charge in [0.1, 0.15) is 5.69 Å². The van der Waals surface area contributed by atoms with Gasteiger partial charge in [0.15, 0.2) is 0 Å². The van der Waals surface area contributed by atoms with Crippen molar-refractivity contribution in [3.8, 4) is 0 Å². The average molecular weight is 329 g/mol. The largest absolute Gasteiger partial charge is 0.332 e. The Morgan fingerprint density at radius 1 is 1.38 bits per heavy atom. The molecule has 1 saturated heterocycles. The van der Waals surface area contributed by atoms with Crippen LogP contribution in [0.5, 0.6) is 0 Å². The number of nitrogens with one attached hydrogen (secondary N) is 1. The second kappa shape index (κ2) is 6.79. The Hall–Kier alpha value is -2.11. The van der Waals surface area contributed by atoms with Gasteiger partial charge in [-0.15, -0.1) is 0 Å². The summed E-state index contributed by atoms with van der Waals surface area (Å²) in [7, 11) is 0. The van der Waals surface area contributed by atoms with Gasteiger partial charge in [-0.1, -0.05) is 13.8 Å². The Kier molecular flexibility index (Phi) is 4.73. The summed E-state index contributed by atoms with van der Waals surface area (Å²) in [6, 6.07) is 4.18. The van der Waals surface area contributed by atoms with E-state index in [2.05, 4.69) is 42.1 Å². The number of amides is 1. The fraction of sp³-hybridized carbons (Fsp3) is 0.611. The van der Waals surface area contributed by atoms with Crippen LogP contribution in [-0.4, -0.2) is 43.4 Å². The maximum Gasteiger partial charge on any atom is 0.274 e. The Bertz CT molecular complexity index is 715. The second-order valence-corrected chi connectivity index (χ2v) is 7.28. The van der Waals surface area contributed by atoms with E-state index in [1.54, 1.807) is 0 Å². The summed E-state index contributed by atoms with van der Waals surface area (Å²) in [5.41, 5.74) is 3.73. The molecule has 1 aliphatic heterocycles. The topological polar surface area (TPSA) is 66.8 Å². The maximum absolute atomic E-state index is 12.9.